The number of aliphatic hydroxyl groups excluding tert-OH is 1. The van der Waals surface area contributed by atoms with Gasteiger partial charge in [0.2, 0.25) is 0 Å². The molecule has 0 heterocycles. The van der Waals surface area contributed by atoms with Gasteiger partial charge in [0, 0.05) is 6.61 Å². The summed E-state index contributed by atoms with van der Waals surface area (Å²) >= 11 is 0. The van der Waals surface area contributed by atoms with E-state index in [0.717, 1.165) is 30.1 Å². The van der Waals surface area contributed by atoms with Crippen molar-refractivity contribution < 1.29 is 5.11 Å². The van der Waals surface area contributed by atoms with Crippen LogP contribution in [0.2, 0.25) is 0 Å². The van der Waals surface area contributed by atoms with Gasteiger partial charge in [-0.3, -0.25) is 0 Å². The molecular weight excluding hydrogens is 340 g/mol. The average Bonchev–Trinajstić information content (AvgIpc) is 3.22. The highest BCUT2D eigenvalue weighted by Gasteiger charge is 2.81. The van der Waals surface area contributed by atoms with Crippen molar-refractivity contribution in [2.75, 3.05) is 6.61 Å². The Balaban J connectivity index is 1.49. The largest absolute Gasteiger partial charge is 0.396 e. The summed E-state index contributed by atoms with van der Waals surface area (Å²) in [5.74, 6) is 4.38. The van der Waals surface area contributed by atoms with E-state index >= 15 is 0 Å². The Labute approximate surface area is 174 Å². The molecule has 5 rings (SSSR count). The highest BCUT2D eigenvalue weighted by atomic mass is 16.3. The van der Waals surface area contributed by atoms with Gasteiger partial charge in [-0.05, 0) is 121 Å². The Hall–Kier alpha value is -0.0400. The third kappa shape index (κ3) is 2.04. The Morgan fingerprint density at radius 1 is 0.821 bits per heavy atom. The first kappa shape index (κ1) is 19.9. The van der Waals surface area contributed by atoms with E-state index < -0.39 is 0 Å². The van der Waals surface area contributed by atoms with Gasteiger partial charge in [0.25, 0.3) is 0 Å². The lowest BCUT2D eigenvalue weighted by atomic mass is 9.41. The van der Waals surface area contributed by atoms with E-state index in [1.807, 2.05) is 0 Å². The molecule has 0 radical (unpaired) electrons. The lowest BCUT2D eigenvalue weighted by molar-refractivity contribution is -0.149. The zero-order chi connectivity index (χ0) is 20.2. The molecule has 0 aromatic rings. The van der Waals surface area contributed by atoms with Crippen molar-refractivity contribution >= 4 is 0 Å². The summed E-state index contributed by atoms with van der Waals surface area (Å²) in [6, 6.07) is 0. The fourth-order valence-corrected chi connectivity index (χ4v) is 10.9. The van der Waals surface area contributed by atoms with Crippen LogP contribution >= 0.6 is 0 Å². The molecule has 9 atom stereocenters. The van der Waals surface area contributed by atoms with Crippen molar-refractivity contribution in [1.82, 2.24) is 0 Å². The summed E-state index contributed by atoms with van der Waals surface area (Å²) < 4.78 is 0. The van der Waals surface area contributed by atoms with Crippen molar-refractivity contribution in [1.29, 1.82) is 0 Å². The van der Waals surface area contributed by atoms with Crippen molar-refractivity contribution in [2.24, 2.45) is 56.7 Å². The van der Waals surface area contributed by atoms with Crippen molar-refractivity contribution in [3.8, 4) is 0 Å². The van der Waals surface area contributed by atoms with E-state index in [2.05, 4.69) is 41.5 Å². The fraction of sp³-hybridized carbons (Fsp3) is 1.00. The maximum atomic E-state index is 9.58. The topological polar surface area (TPSA) is 20.2 Å². The maximum absolute atomic E-state index is 9.58. The SMILES string of the molecule is C[C@H](CCO)[C@H]1CC[C@@]2(C)C3CCC4C(C)(C)[C@@H](C)CC[C@@]45C[C@@]35CC[C@]12C. The van der Waals surface area contributed by atoms with Crippen LogP contribution < -0.4 is 0 Å². The molecule has 2 unspecified atom stereocenters. The Kier molecular flexibility index (Phi) is 4.12. The van der Waals surface area contributed by atoms with Gasteiger partial charge in [0.1, 0.15) is 0 Å². The van der Waals surface area contributed by atoms with Gasteiger partial charge < -0.3 is 5.11 Å². The normalized spacial score (nSPS) is 57.5. The van der Waals surface area contributed by atoms with E-state index in [9.17, 15) is 5.11 Å². The Morgan fingerprint density at radius 2 is 1.50 bits per heavy atom. The van der Waals surface area contributed by atoms with Crippen LogP contribution in [0.15, 0.2) is 0 Å². The molecule has 0 saturated heterocycles. The van der Waals surface area contributed by atoms with Crippen molar-refractivity contribution in [3.63, 3.8) is 0 Å². The third-order valence-electron chi connectivity index (χ3n) is 13.0. The molecular formula is C27H46O. The van der Waals surface area contributed by atoms with Crippen LogP contribution in [0.1, 0.15) is 106 Å². The number of hydrogen-bond donors (Lipinski definition) is 1. The summed E-state index contributed by atoms with van der Waals surface area (Å²) in [6.07, 6.45) is 14.5. The average molecular weight is 387 g/mol. The maximum Gasteiger partial charge on any atom is 0.0433 e. The predicted octanol–water partition coefficient (Wildman–Crippen LogP) is 7.08. The number of hydrogen-bond acceptors (Lipinski definition) is 1. The first-order valence-corrected chi connectivity index (χ1v) is 12.7. The number of fused-ring (bicyclic) bond motifs is 2. The molecule has 1 N–H and O–H groups in total. The smallest absolute Gasteiger partial charge is 0.0433 e. The molecule has 1 heteroatoms. The minimum absolute atomic E-state index is 0.371. The minimum atomic E-state index is 0.371. The van der Waals surface area contributed by atoms with Gasteiger partial charge in [0.15, 0.2) is 0 Å². The summed E-state index contributed by atoms with van der Waals surface area (Å²) in [6.45, 7) is 16.0. The Morgan fingerprint density at radius 3 is 2.21 bits per heavy atom. The first-order chi connectivity index (χ1) is 13.1. The van der Waals surface area contributed by atoms with Crippen LogP contribution in [0.5, 0.6) is 0 Å². The first-order valence-electron chi connectivity index (χ1n) is 12.7. The molecule has 0 amide bonds. The zero-order valence-corrected chi connectivity index (χ0v) is 19.6. The van der Waals surface area contributed by atoms with Crippen LogP contribution in [0, 0.1) is 56.7 Å². The lowest BCUT2D eigenvalue weighted by Gasteiger charge is -2.63. The summed E-state index contributed by atoms with van der Waals surface area (Å²) in [4.78, 5) is 0. The molecule has 5 fully saturated rings. The van der Waals surface area contributed by atoms with Crippen LogP contribution in [0.3, 0.4) is 0 Å². The monoisotopic (exact) mass is 386 g/mol. The van der Waals surface area contributed by atoms with E-state index in [0.29, 0.717) is 39.6 Å². The van der Waals surface area contributed by atoms with E-state index in [1.54, 1.807) is 6.42 Å². The van der Waals surface area contributed by atoms with Gasteiger partial charge in [-0.2, -0.15) is 0 Å². The third-order valence-corrected chi connectivity index (χ3v) is 13.0. The quantitative estimate of drug-likeness (QED) is 0.549. The Bertz CT molecular complexity index is 653. The van der Waals surface area contributed by atoms with E-state index in [-0.39, 0.29) is 0 Å². The van der Waals surface area contributed by atoms with Crippen LogP contribution in [0.25, 0.3) is 0 Å². The van der Waals surface area contributed by atoms with Gasteiger partial charge in [0.05, 0.1) is 0 Å². The highest BCUT2D eigenvalue weighted by Crippen LogP contribution is 2.89. The molecule has 160 valence electrons. The molecule has 5 aliphatic carbocycles. The highest BCUT2D eigenvalue weighted by molar-refractivity contribution is 5.30. The van der Waals surface area contributed by atoms with Gasteiger partial charge in [-0.15, -0.1) is 0 Å². The summed E-state index contributed by atoms with van der Waals surface area (Å²) in [5.41, 5.74) is 3.01. The van der Waals surface area contributed by atoms with Gasteiger partial charge in [-0.1, -0.05) is 41.5 Å². The lowest BCUT2D eigenvalue weighted by Crippen LogP contribution is -2.56. The minimum Gasteiger partial charge on any atom is -0.396 e. The molecule has 28 heavy (non-hydrogen) atoms. The number of aliphatic hydroxyl groups is 1. The second-order valence-electron chi connectivity index (χ2n) is 13.4. The molecule has 5 saturated carbocycles. The van der Waals surface area contributed by atoms with Crippen LogP contribution in [0.4, 0.5) is 0 Å². The van der Waals surface area contributed by atoms with Gasteiger partial charge in [-0.25, -0.2) is 0 Å². The van der Waals surface area contributed by atoms with Gasteiger partial charge >= 0.3 is 0 Å². The molecule has 0 aromatic carbocycles. The standard InChI is InChI=1S/C27H46O/c1-18(11-16-28)20-10-12-25(6)22-8-7-21-23(3,4)19(2)9-13-26(21)17-27(22,26)15-14-24(20,25)5/h18-22,28H,7-17H2,1-6H3/t18-,19+,20-,21?,22?,24-,25+,26-,27+/m1/s1. The zero-order valence-electron chi connectivity index (χ0n) is 19.6. The predicted molar refractivity (Wildman–Crippen MR) is 117 cm³/mol. The van der Waals surface area contributed by atoms with E-state index in [4.69, 9.17) is 0 Å². The molecule has 0 bridgehead atoms. The second-order valence-corrected chi connectivity index (χ2v) is 13.4. The molecule has 2 spiro atoms. The molecule has 0 aliphatic heterocycles. The molecule has 0 aromatic heterocycles. The van der Waals surface area contributed by atoms with Crippen LogP contribution in [-0.2, 0) is 0 Å². The van der Waals surface area contributed by atoms with Crippen LogP contribution in [-0.4, -0.2) is 11.7 Å². The number of rotatable bonds is 3. The van der Waals surface area contributed by atoms with Crippen molar-refractivity contribution in [3.05, 3.63) is 0 Å². The fourth-order valence-electron chi connectivity index (χ4n) is 10.9. The summed E-state index contributed by atoms with van der Waals surface area (Å²) in [7, 11) is 0. The molecule has 5 aliphatic rings. The molecule has 1 nitrogen and oxygen atoms in total. The summed E-state index contributed by atoms with van der Waals surface area (Å²) in [5, 5.41) is 9.58. The van der Waals surface area contributed by atoms with E-state index in [1.165, 1.54) is 51.4 Å². The second kappa shape index (κ2) is 5.80. The van der Waals surface area contributed by atoms with Crippen molar-refractivity contribution in [2.45, 2.75) is 106 Å².